The van der Waals surface area contributed by atoms with Gasteiger partial charge in [-0.1, -0.05) is 60.7 Å². The van der Waals surface area contributed by atoms with E-state index in [-0.39, 0.29) is 23.7 Å². The van der Waals surface area contributed by atoms with Crippen LogP contribution in [0.3, 0.4) is 0 Å². The van der Waals surface area contributed by atoms with E-state index in [2.05, 4.69) is 15.2 Å². The second-order valence-electron chi connectivity index (χ2n) is 6.64. The number of H-pyrrole nitrogens is 1. The smallest absolute Gasteiger partial charge is 0.251 e. The maximum atomic E-state index is 12.2. The maximum absolute atomic E-state index is 12.2. The summed E-state index contributed by atoms with van der Waals surface area (Å²) in [4.78, 5) is 16.3. The van der Waals surface area contributed by atoms with E-state index in [9.17, 15) is 15.0 Å². The first kappa shape index (κ1) is 18.6. The highest BCUT2D eigenvalue weighted by atomic mass is 16.3. The zero-order chi connectivity index (χ0) is 20.2. The number of benzene rings is 2. The largest absolute Gasteiger partial charge is 0.503 e. The van der Waals surface area contributed by atoms with E-state index in [4.69, 9.17) is 4.42 Å². The molecule has 4 rings (SSSR count). The molecule has 0 aliphatic heterocycles. The summed E-state index contributed by atoms with van der Waals surface area (Å²) in [5.41, 5.74) is 1.40. The lowest BCUT2D eigenvalue weighted by Gasteiger charge is -2.23. The molecule has 2 heterocycles. The Bertz CT molecular complexity index is 1100. The van der Waals surface area contributed by atoms with Crippen LogP contribution in [0.4, 0.5) is 0 Å². The molecule has 2 aromatic heterocycles. The Kier molecular flexibility index (Phi) is 5.22. The summed E-state index contributed by atoms with van der Waals surface area (Å²) in [7, 11) is 0. The van der Waals surface area contributed by atoms with Crippen molar-refractivity contribution in [3.8, 4) is 17.1 Å². The van der Waals surface area contributed by atoms with Crippen LogP contribution in [0, 0.1) is 0 Å². The summed E-state index contributed by atoms with van der Waals surface area (Å²) in [6.07, 6.45) is 1.56. The molecule has 0 radical (unpaired) electrons. The van der Waals surface area contributed by atoms with Gasteiger partial charge < -0.3 is 14.6 Å². The third kappa shape index (κ3) is 3.81. The lowest BCUT2D eigenvalue weighted by atomic mass is 9.84. The van der Waals surface area contributed by atoms with Crippen molar-refractivity contribution < 1.29 is 14.6 Å². The standard InChI is InChI=1S/C22H19N3O4/c26-16(19(14-7-3-1-4-8-14)15-9-5-2-6-10-15)11-18-20(23-13-29-18)21-22(28)17(27)12-24-25-21/h1-10,12-13,16,19,26H,11H2,(H,24,28)(H,25,27). The number of rotatable bonds is 6. The second-order valence-corrected chi connectivity index (χ2v) is 6.64. The number of nitrogens with one attached hydrogen (secondary N) is 1. The van der Waals surface area contributed by atoms with E-state index in [1.54, 1.807) is 0 Å². The molecule has 146 valence electrons. The minimum atomic E-state index is -0.845. The third-order valence-electron chi connectivity index (χ3n) is 4.79. The summed E-state index contributed by atoms with van der Waals surface area (Å²) in [5, 5.41) is 27.2. The fraction of sp³-hybridized carbons (Fsp3) is 0.136. The van der Waals surface area contributed by atoms with Crippen molar-refractivity contribution in [2.75, 3.05) is 0 Å². The predicted octanol–water partition coefficient (Wildman–Crippen LogP) is 2.87. The van der Waals surface area contributed by atoms with Gasteiger partial charge >= 0.3 is 0 Å². The lowest BCUT2D eigenvalue weighted by molar-refractivity contribution is 0.150. The zero-order valence-corrected chi connectivity index (χ0v) is 15.4. The van der Waals surface area contributed by atoms with E-state index >= 15 is 0 Å². The summed E-state index contributed by atoms with van der Waals surface area (Å²) >= 11 is 0. The topological polar surface area (TPSA) is 112 Å². The fourth-order valence-corrected chi connectivity index (χ4v) is 3.43. The van der Waals surface area contributed by atoms with E-state index in [0.717, 1.165) is 17.3 Å². The molecule has 2 aromatic carbocycles. The first-order valence-corrected chi connectivity index (χ1v) is 9.13. The normalized spacial score (nSPS) is 12.2. The maximum Gasteiger partial charge on any atom is 0.251 e. The number of aliphatic hydroxyl groups excluding tert-OH is 1. The number of hydrogen-bond acceptors (Lipinski definition) is 6. The van der Waals surface area contributed by atoms with Crippen LogP contribution in [0.5, 0.6) is 5.75 Å². The average Bonchev–Trinajstić information content (AvgIpc) is 3.19. The van der Waals surface area contributed by atoms with Crippen LogP contribution >= 0.6 is 0 Å². The molecule has 0 spiro atoms. The summed E-state index contributed by atoms with van der Waals surface area (Å²) in [6, 6.07) is 19.4. The third-order valence-corrected chi connectivity index (χ3v) is 4.79. The van der Waals surface area contributed by atoms with Crippen molar-refractivity contribution in [3.63, 3.8) is 0 Å². The van der Waals surface area contributed by atoms with Crippen LogP contribution in [0.15, 0.2) is 82.5 Å². The van der Waals surface area contributed by atoms with E-state index in [1.165, 1.54) is 6.39 Å². The van der Waals surface area contributed by atoms with Gasteiger partial charge in [-0.05, 0) is 11.1 Å². The highest BCUT2D eigenvalue weighted by molar-refractivity contribution is 5.57. The Morgan fingerprint density at radius 3 is 2.21 bits per heavy atom. The van der Waals surface area contributed by atoms with Crippen LogP contribution in [-0.4, -0.2) is 31.5 Å². The number of aromatic amines is 1. The van der Waals surface area contributed by atoms with Crippen molar-refractivity contribution in [2.24, 2.45) is 0 Å². The molecule has 0 aliphatic rings. The van der Waals surface area contributed by atoms with Crippen molar-refractivity contribution in [1.29, 1.82) is 0 Å². The molecule has 0 bridgehead atoms. The monoisotopic (exact) mass is 389 g/mol. The molecule has 7 heteroatoms. The Hall–Kier alpha value is -3.71. The van der Waals surface area contributed by atoms with E-state index in [1.807, 2.05) is 60.7 Å². The first-order valence-electron chi connectivity index (χ1n) is 9.13. The molecule has 0 saturated heterocycles. The number of nitrogens with zero attached hydrogens (tertiary/aromatic N) is 2. The molecule has 1 unspecified atom stereocenters. The zero-order valence-electron chi connectivity index (χ0n) is 15.4. The minimum absolute atomic E-state index is 0.0584. The molecule has 29 heavy (non-hydrogen) atoms. The van der Waals surface area contributed by atoms with Crippen molar-refractivity contribution in [3.05, 3.63) is 100 Å². The number of aromatic hydroxyl groups is 1. The molecular weight excluding hydrogens is 370 g/mol. The molecule has 0 amide bonds. The molecule has 0 fully saturated rings. The van der Waals surface area contributed by atoms with Gasteiger partial charge in [0.2, 0.25) is 0 Å². The minimum Gasteiger partial charge on any atom is -0.503 e. The summed E-state index contributed by atoms with van der Waals surface area (Å²) < 4.78 is 5.46. The van der Waals surface area contributed by atoms with Gasteiger partial charge in [-0.3, -0.25) is 9.89 Å². The van der Waals surface area contributed by atoms with Gasteiger partial charge in [-0.2, -0.15) is 5.10 Å². The van der Waals surface area contributed by atoms with Crippen LogP contribution in [0.1, 0.15) is 22.8 Å². The second kappa shape index (κ2) is 8.12. The first-order chi connectivity index (χ1) is 14.1. The number of hydrogen-bond donors (Lipinski definition) is 3. The highest BCUT2D eigenvalue weighted by Gasteiger charge is 2.27. The van der Waals surface area contributed by atoms with Gasteiger partial charge in [-0.15, -0.1) is 0 Å². The predicted molar refractivity (Wildman–Crippen MR) is 106 cm³/mol. The van der Waals surface area contributed by atoms with Gasteiger partial charge in [0, 0.05) is 12.3 Å². The van der Waals surface area contributed by atoms with E-state index in [0.29, 0.717) is 5.76 Å². The SMILES string of the molecule is O=c1c(O)c[nH]nc1-c1ncoc1CC(O)C(c1ccccc1)c1ccccc1. The lowest BCUT2D eigenvalue weighted by Crippen LogP contribution is -2.22. The Balaban J connectivity index is 1.70. The Morgan fingerprint density at radius 2 is 1.59 bits per heavy atom. The highest BCUT2D eigenvalue weighted by Crippen LogP contribution is 2.31. The van der Waals surface area contributed by atoms with Gasteiger partial charge in [0.1, 0.15) is 11.5 Å². The van der Waals surface area contributed by atoms with Crippen molar-refractivity contribution in [1.82, 2.24) is 15.2 Å². The number of oxazole rings is 1. The van der Waals surface area contributed by atoms with Crippen LogP contribution in [0.25, 0.3) is 11.4 Å². The molecule has 1 atom stereocenters. The van der Waals surface area contributed by atoms with Gasteiger partial charge in [0.05, 0.1) is 12.3 Å². The molecule has 0 aliphatic carbocycles. The Labute approximate surface area is 166 Å². The van der Waals surface area contributed by atoms with Crippen LogP contribution in [-0.2, 0) is 6.42 Å². The summed E-state index contributed by atoms with van der Waals surface area (Å²) in [6.45, 7) is 0. The van der Waals surface area contributed by atoms with E-state index < -0.39 is 17.3 Å². The quantitative estimate of drug-likeness (QED) is 0.467. The van der Waals surface area contributed by atoms with Crippen molar-refractivity contribution >= 4 is 0 Å². The fourth-order valence-electron chi connectivity index (χ4n) is 3.43. The van der Waals surface area contributed by atoms with Gasteiger partial charge in [0.15, 0.2) is 17.8 Å². The molecule has 3 N–H and O–H groups in total. The Morgan fingerprint density at radius 1 is 0.966 bits per heavy atom. The molecule has 0 saturated carbocycles. The molecule has 7 nitrogen and oxygen atoms in total. The number of aliphatic hydroxyl groups is 1. The van der Waals surface area contributed by atoms with Crippen LogP contribution in [0.2, 0.25) is 0 Å². The van der Waals surface area contributed by atoms with Gasteiger partial charge in [0.25, 0.3) is 5.43 Å². The van der Waals surface area contributed by atoms with Crippen molar-refractivity contribution in [2.45, 2.75) is 18.4 Å². The van der Waals surface area contributed by atoms with Crippen LogP contribution < -0.4 is 5.43 Å². The average molecular weight is 389 g/mol. The number of aromatic nitrogens is 3. The van der Waals surface area contributed by atoms with Gasteiger partial charge in [-0.25, -0.2) is 4.98 Å². The summed E-state index contributed by atoms with van der Waals surface area (Å²) in [5.74, 6) is -0.445. The molecule has 4 aromatic rings. The molecular formula is C22H19N3O4.